The van der Waals surface area contributed by atoms with Crippen LogP contribution in [0.1, 0.15) is 284 Å². The third-order valence-corrected chi connectivity index (χ3v) is 12.6. The number of allylic oxidation sites excluding steroid dienone is 4. The van der Waals surface area contributed by atoms with E-state index in [0.29, 0.717) is 19.3 Å². The van der Waals surface area contributed by atoms with Gasteiger partial charge < -0.3 is 25.7 Å². The molecule has 6 heteroatoms. The minimum absolute atomic E-state index is 0.364. The second-order valence-corrected chi connectivity index (χ2v) is 18.6. The summed E-state index contributed by atoms with van der Waals surface area (Å²) in [4.78, 5) is 12.6. The number of carbonyl (C=O) groups excluding carboxylic acids is 1. The number of hydrogen-bond donors (Lipinski definition) is 5. The lowest BCUT2D eigenvalue weighted by molar-refractivity contribution is -0.132. The highest BCUT2D eigenvalue weighted by atomic mass is 16.3. The highest BCUT2D eigenvalue weighted by Crippen LogP contribution is 2.17. The normalized spacial score (nSPS) is 14.0. The quantitative estimate of drug-likeness (QED) is 0.0309. The lowest BCUT2D eigenvalue weighted by atomic mass is 10.00. The average molecular weight is 848 g/mol. The van der Waals surface area contributed by atoms with E-state index in [4.69, 9.17) is 0 Å². The van der Waals surface area contributed by atoms with Gasteiger partial charge in [-0.1, -0.05) is 256 Å². The average Bonchev–Trinajstić information content (AvgIpc) is 3.25. The first-order chi connectivity index (χ1) is 29.5. The first-order valence-corrected chi connectivity index (χ1v) is 26.7. The first kappa shape index (κ1) is 58.8. The first-order valence-electron chi connectivity index (χ1n) is 26.7. The molecule has 0 radical (unpaired) electrons. The molecule has 0 saturated carbocycles. The molecule has 0 aliphatic rings. The minimum atomic E-state index is -1.29. The summed E-state index contributed by atoms with van der Waals surface area (Å²) in [5.74, 6) is -0.593. The van der Waals surface area contributed by atoms with E-state index in [-0.39, 0.29) is 0 Å². The van der Waals surface area contributed by atoms with E-state index in [1.807, 2.05) is 0 Å². The van der Waals surface area contributed by atoms with Gasteiger partial charge >= 0.3 is 0 Å². The SMILES string of the molecule is CCCCCCCCCCCCCCCCC/C=C/CC/C=C/CCCC(O)C(O)C(CO)NC(=O)C(O)CCCCCCCCCCCCCCCCCCCCCC. The fourth-order valence-corrected chi connectivity index (χ4v) is 8.42. The van der Waals surface area contributed by atoms with Crippen LogP contribution in [0.15, 0.2) is 24.3 Å². The zero-order valence-corrected chi connectivity index (χ0v) is 40.2. The number of aliphatic hydroxyl groups excluding tert-OH is 4. The van der Waals surface area contributed by atoms with Crippen molar-refractivity contribution in [3.8, 4) is 0 Å². The Morgan fingerprint density at radius 3 is 1.05 bits per heavy atom. The van der Waals surface area contributed by atoms with E-state index in [2.05, 4.69) is 43.5 Å². The molecule has 6 nitrogen and oxygen atoms in total. The summed E-state index contributed by atoms with van der Waals surface area (Å²) in [6.45, 7) is 4.07. The second kappa shape index (κ2) is 48.8. The smallest absolute Gasteiger partial charge is 0.249 e. The van der Waals surface area contributed by atoms with Crippen molar-refractivity contribution in [1.29, 1.82) is 0 Å². The molecule has 0 rings (SSSR count). The number of hydrogen-bond acceptors (Lipinski definition) is 5. The largest absolute Gasteiger partial charge is 0.394 e. The number of carbonyl (C=O) groups is 1. The zero-order valence-electron chi connectivity index (χ0n) is 40.2. The summed E-state index contributed by atoms with van der Waals surface area (Å²) < 4.78 is 0. The number of amides is 1. The van der Waals surface area contributed by atoms with Crippen LogP contribution in [0, 0.1) is 0 Å². The predicted molar refractivity (Wildman–Crippen MR) is 261 cm³/mol. The van der Waals surface area contributed by atoms with Crippen molar-refractivity contribution in [2.45, 2.75) is 308 Å². The van der Waals surface area contributed by atoms with Crippen LogP contribution in [0.2, 0.25) is 0 Å². The predicted octanol–water partition coefficient (Wildman–Crippen LogP) is 15.1. The van der Waals surface area contributed by atoms with E-state index in [1.165, 1.54) is 212 Å². The summed E-state index contributed by atoms with van der Waals surface area (Å²) in [7, 11) is 0. The second-order valence-electron chi connectivity index (χ2n) is 18.6. The van der Waals surface area contributed by atoms with Gasteiger partial charge in [0.05, 0.1) is 18.8 Å². The molecular formula is C54H105NO5. The molecule has 4 atom stereocenters. The molecule has 0 aromatic heterocycles. The van der Waals surface area contributed by atoms with Gasteiger partial charge in [-0.15, -0.1) is 0 Å². The molecule has 1 amide bonds. The molecule has 0 aliphatic carbocycles. The Hall–Kier alpha value is -1.21. The summed E-state index contributed by atoms with van der Waals surface area (Å²) in [6, 6.07) is -1.01. The van der Waals surface area contributed by atoms with Gasteiger partial charge in [0.15, 0.2) is 0 Å². The minimum Gasteiger partial charge on any atom is -0.394 e. The Balaban J connectivity index is 3.70. The van der Waals surface area contributed by atoms with Crippen LogP contribution in [-0.2, 0) is 4.79 Å². The molecule has 0 aromatic carbocycles. The lowest BCUT2D eigenvalue weighted by Crippen LogP contribution is -2.53. The van der Waals surface area contributed by atoms with Gasteiger partial charge in [0, 0.05) is 0 Å². The van der Waals surface area contributed by atoms with Crippen molar-refractivity contribution in [2.24, 2.45) is 0 Å². The fourth-order valence-electron chi connectivity index (χ4n) is 8.42. The molecule has 5 N–H and O–H groups in total. The Labute approximate surface area is 374 Å². The third kappa shape index (κ3) is 42.1. The van der Waals surface area contributed by atoms with Crippen LogP contribution in [0.25, 0.3) is 0 Å². The molecule has 0 bridgehead atoms. The maximum absolute atomic E-state index is 12.6. The fraction of sp³-hybridized carbons (Fsp3) is 0.907. The standard InChI is InChI=1S/C54H105NO5/c1-3-5-7-9-11-13-15-17-19-21-23-25-26-27-28-30-31-33-35-37-39-41-43-45-47-51(57)53(59)50(49-56)55-54(60)52(58)48-46-44-42-40-38-36-34-32-29-24-22-20-18-16-14-12-10-8-6-4-2/h31,33,39,41,50-53,56-59H,3-30,32,34-38,40,42-49H2,1-2H3,(H,55,60)/b33-31+,41-39+. The third-order valence-electron chi connectivity index (χ3n) is 12.6. The molecule has 0 fully saturated rings. The van der Waals surface area contributed by atoms with Gasteiger partial charge in [-0.05, 0) is 51.4 Å². The Morgan fingerprint density at radius 2 is 0.700 bits per heavy atom. The van der Waals surface area contributed by atoms with E-state index < -0.39 is 36.9 Å². The highest BCUT2D eigenvalue weighted by Gasteiger charge is 2.28. The Morgan fingerprint density at radius 1 is 0.400 bits per heavy atom. The summed E-state index contributed by atoms with van der Waals surface area (Å²) in [5.41, 5.74) is 0. The van der Waals surface area contributed by atoms with Crippen molar-refractivity contribution in [3.05, 3.63) is 24.3 Å². The van der Waals surface area contributed by atoms with Gasteiger partial charge in [-0.3, -0.25) is 4.79 Å². The number of aliphatic hydroxyl groups is 4. The van der Waals surface area contributed by atoms with Crippen molar-refractivity contribution in [1.82, 2.24) is 5.32 Å². The van der Waals surface area contributed by atoms with E-state index in [1.54, 1.807) is 0 Å². The summed E-state index contributed by atoms with van der Waals surface area (Å²) >= 11 is 0. The van der Waals surface area contributed by atoms with E-state index in [9.17, 15) is 25.2 Å². The van der Waals surface area contributed by atoms with Crippen LogP contribution in [-0.4, -0.2) is 57.3 Å². The van der Waals surface area contributed by atoms with Gasteiger partial charge in [0.2, 0.25) is 5.91 Å². The molecule has 0 spiro atoms. The maximum atomic E-state index is 12.6. The van der Waals surface area contributed by atoms with Crippen LogP contribution >= 0.6 is 0 Å². The zero-order chi connectivity index (χ0) is 43.8. The Bertz CT molecular complexity index is 909. The lowest BCUT2D eigenvalue weighted by Gasteiger charge is -2.27. The van der Waals surface area contributed by atoms with Gasteiger partial charge in [0.25, 0.3) is 0 Å². The molecular weight excluding hydrogens is 743 g/mol. The van der Waals surface area contributed by atoms with Crippen molar-refractivity contribution in [3.63, 3.8) is 0 Å². The van der Waals surface area contributed by atoms with Gasteiger partial charge in [-0.2, -0.15) is 0 Å². The Kier molecular flexibility index (Phi) is 47.8. The molecule has 0 aliphatic heterocycles. The van der Waals surface area contributed by atoms with Crippen LogP contribution in [0.3, 0.4) is 0 Å². The highest BCUT2D eigenvalue weighted by molar-refractivity contribution is 5.80. The maximum Gasteiger partial charge on any atom is 0.249 e. The molecule has 4 unspecified atom stereocenters. The number of nitrogens with one attached hydrogen (secondary N) is 1. The van der Waals surface area contributed by atoms with Gasteiger partial charge in [-0.25, -0.2) is 0 Å². The monoisotopic (exact) mass is 848 g/mol. The number of rotatable bonds is 49. The summed E-state index contributed by atoms with van der Waals surface area (Å²) in [5, 5.41) is 43.9. The van der Waals surface area contributed by atoms with Crippen LogP contribution < -0.4 is 5.32 Å². The van der Waals surface area contributed by atoms with Crippen molar-refractivity contribution < 1.29 is 25.2 Å². The van der Waals surface area contributed by atoms with E-state index in [0.717, 1.165) is 38.5 Å². The van der Waals surface area contributed by atoms with Crippen LogP contribution in [0.4, 0.5) is 0 Å². The van der Waals surface area contributed by atoms with Crippen LogP contribution in [0.5, 0.6) is 0 Å². The van der Waals surface area contributed by atoms with E-state index >= 15 is 0 Å². The molecule has 60 heavy (non-hydrogen) atoms. The van der Waals surface area contributed by atoms with Crippen molar-refractivity contribution in [2.75, 3.05) is 6.61 Å². The molecule has 0 heterocycles. The molecule has 0 saturated heterocycles. The van der Waals surface area contributed by atoms with Gasteiger partial charge in [0.1, 0.15) is 12.2 Å². The summed E-state index contributed by atoms with van der Waals surface area (Å²) in [6.07, 6.45) is 58.1. The van der Waals surface area contributed by atoms with Crippen molar-refractivity contribution >= 4 is 5.91 Å². The molecule has 0 aromatic rings. The molecule has 356 valence electrons. The topological polar surface area (TPSA) is 110 Å². The number of unbranched alkanes of at least 4 members (excludes halogenated alkanes) is 36.